The molecule has 128 valence electrons. The molecule has 2 fully saturated rings. The summed E-state index contributed by atoms with van der Waals surface area (Å²) in [7, 11) is 0. The molecule has 0 spiro atoms. The van der Waals surface area contributed by atoms with Crippen molar-refractivity contribution in [3.63, 3.8) is 0 Å². The molecule has 2 rings (SSSR count). The third-order valence-corrected chi connectivity index (χ3v) is 4.69. The Kier molecular flexibility index (Phi) is 8.79. The number of piperidine rings is 1. The first-order valence-corrected chi connectivity index (χ1v) is 8.43. The van der Waals surface area contributed by atoms with Crippen molar-refractivity contribution in [2.45, 2.75) is 70.4 Å². The van der Waals surface area contributed by atoms with Crippen LogP contribution in [-0.2, 0) is 9.59 Å². The second-order valence-electron chi connectivity index (χ2n) is 6.61. The maximum atomic E-state index is 11.8. The zero-order valence-corrected chi connectivity index (χ0v) is 14.3. The summed E-state index contributed by atoms with van der Waals surface area (Å²) in [4.78, 5) is 23.6. The fourth-order valence-corrected chi connectivity index (χ4v) is 3.44. The number of carbonyl (C=O) groups excluding carboxylic acids is 2. The van der Waals surface area contributed by atoms with Gasteiger partial charge in [0.1, 0.15) is 0 Å². The molecule has 0 radical (unpaired) electrons. The second kappa shape index (κ2) is 10.1. The minimum atomic E-state index is -0.0664. The monoisotopic (exact) mass is 331 g/mol. The maximum Gasteiger partial charge on any atom is 0.239 e. The van der Waals surface area contributed by atoms with E-state index in [-0.39, 0.29) is 36.8 Å². The number of nitrogens with one attached hydrogen (secondary N) is 3. The molecule has 3 N–H and O–H groups in total. The van der Waals surface area contributed by atoms with Crippen LogP contribution in [0.3, 0.4) is 0 Å². The van der Waals surface area contributed by atoms with Gasteiger partial charge in [-0.15, -0.1) is 12.4 Å². The topological polar surface area (TPSA) is 70.2 Å². The van der Waals surface area contributed by atoms with Crippen molar-refractivity contribution in [3.05, 3.63) is 0 Å². The van der Waals surface area contributed by atoms with Gasteiger partial charge in [-0.3, -0.25) is 9.59 Å². The lowest BCUT2D eigenvalue weighted by atomic mass is 10.0. The SMILES string of the molecule is CC1CC(NC(=O)CNC(=O)CCC2CCCC2)CCN1.Cl. The van der Waals surface area contributed by atoms with E-state index in [1.54, 1.807) is 0 Å². The van der Waals surface area contributed by atoms with Crippen molar-refractivity contribution in [1.82, 2.24) is 16.0 Å². The molecule has 2 atom stereocenters. The third-order valence-electron chi connectivity index (χ3n) is 4.69. The Labute approximate surface area is 139 Å². The van der Waals surface area contributed by atoms with Crippen molar-refractivity contribution in [2.75, 3.05) is 13.1 Å². The van der Waals surface area contributed by atoms with E-state index >= 15 is 0 Å². The summed E-state index contributed by atoms with van der Waals surface area (Å²) in [6.07, 6.45) is 8.60. The lowest BCUT2D eigenvalue weighted by Gasteiger charge is -2.28. The van der Waals surface area contributed by atoms with Gasteiger partial charge >= 0.3 is 0 Å². The first kappa shape index (κ1) is 19.2. The zero-order valence-electron chi connectivity index (χ0n) is 13.5. The van der Waals surface area contributed by atoms with E-state index in [2.05, 4.69) is 22.9 Å². The fraction of sp³-hybridized carbons (Fsp3) is 0.875. The molecule has 0 aromatic heterocycles. The van der Waals surface area contributed by atoms with Crippen molar-refractivity contribution in [3.8, 4) is 0 Å². The number of rotatable bonds is 6. The number of halogens is 1. The Balaban J connectivity index is 0.00000242. The minimum absolute atomic E-state index is 0. The van der Waals surface area contributed by atoms with Crippen LogP contribution < -0.4 is 16.0 Å². The van der Waals surface area contributed by atoms with Crippen LogP contribution in [0.2, 0.25) is 0 Å². The lowest BCUT2D eigenvalue weighted by Crippen LogP contribution is -2.48. The molecule has 1 aliphatic heterocycles. The van der Waals surface area contributed by atoms with E-state index in [9.17, 15) is 9.59 Å². The molecule has 2 amide bonds. The molecule has 2 aliphatic rings. The van der Waals surface area contributed by atoms with Crippen molar-refractivity contribution < 1.29 is 9.59 Å². The Hall–Kier alpha value is -0.810. The molecule has 0 aromatic rings. The smallest absolute Gasteiger partial charge is 0.239 e. The summed E-state index contributed by atoms with van der Waals surface area (Å²) in [6, 6.07) is 0.689. The molecule has 1 saturated carbocycles. The molecule has 0 aromatic carbocycles. The number of amides is 2. The van der Waals surface area contributed by atoms with Gasteiger partial charge in [0, 0.05) is 18.5 Å². The average molecular weight is 332 g/mol. The molecule has 22 heavy (non-hydrogen) atoms. The standard InChI is InChI=1S/C16H29N3O2.ClH/c1-12-10-14(8-9-17-12)19-16(21)11-18-15(20)7-6-13-4-2-3-5-13;/h12-14,17H,2-11H2,1H3,(H,18,20)(H,19,21);1H. The van der Waals surface area contributed by atoms with Gasteiger partial charge in [0.25, 0.3) is 0 Å². The van der Waals surface area contributed by atoms with Crippen LogP contribution in [-0.4, -0.2) is 37.0 Å². The van der Waals surface area contributed by atoms with Crippen LogP contribution in [0.5, 0.6) is 0 Å². The van der Waals surface area contributed by atoms with Gasteiger partial charge in [0.2, 0.25) is 11.8 Å². The van der Waals surface area contributed by atoms with Crippen molar-refractivity contribution in [1.29, 1.82) is 0 Å². The Morgan fingerprint density at radius 1 is 1.14 bits per heavy atom. The molecule has 0 bridgehead atoms. The van der Waals surface area contributed by atoms with E-state index in [4.69, 9.17) is 0 Å². The molecule has 1 heterocycles. The summed E-state index contributed by atoms with van der Waals surface area (Å²) in [6.45, 7) is 3.19. The summed E-state index contributed by atoms with van der Waals surface area (Å²) in [5, 5.41) is 9.11. The van der Waals surface area contributed by atoms with Crippen LogP contribution in [0.25, 0.3) is 0 Å². The third kappa shape index (κ3) is 6.97. The molecule has 5 nitrogen and oxygen atoms in total. The van der Waals surface area contributed by atoms with E-state index in [0.29, 0.717) is 12.5 Å². The highest BCUT2D eigenvalue weighted by Crippen LogP contribution is 2.28. The lowest BCUT2D eigenvalue weighted by molar-refractivity contribution is -0.126. The second-order valence-corrected chi connectivity index (χ2v) is 6.61. The van der Waals surface area contributed by atoms with Gasteiger partial charge in [-0.25, -0.2) is 0 Å². The Morgan fingerprint density at radius 3 is 2.55 bits per heavy atom. The van der Waals surface area contributed by atoms with Crippen LogP contribution >= 0.6 is 12.4 Å². The van der Waals surface area contributed by atoms with Crippen molar-refractivity contribution >= 4 is 24.2 Å². The quantitative estimate of drug-likeness (QED) is 0.694. The van der Waals surface area contributed by atoms with E-state index in [1.807, 2.05) is 0 Å². The maximum absolute atomic E-state index is 11.8. The molecule has 1 saturated heterocycles. The van der Waals surface area contributed by atoms with Crippen molar-refractivity contribution in [2.24, 2.45) is 5.92 Å². The van der Waals surface area contributed by atoms with Crippen LogP contribution in [0.4, 0.5) is 0 Å². The Bertz CT molecular complexity index is 359. The number of carbonyl (C=O) groups is 2. The molecule has 1 aliphatic carbocycles. The predicted molar refractivity (Wildman–Crippen MR) is 90.1 cm³/mol. The highest BCUT2D eigenvalue weighted by atomic mass is 35.5. The first-order valence-electron chi connectivity index (χ1n) is 8.43. The number of hydrogen-bond acceptors (Lipinski definition) is 3. The van der Waals surface area contributed by atoms with E-state index < -0.39 is 0 Å². The zero-order chi connectivity index (χ0) is 15.1. The average Bonchev–Trinajstić information content (AvgIpc) is 2.96. The van der Waals surface area contributed by atoms with Crippen LogP contribution in [0, 0.1) is 5.92 Å². The van der Waals surface area contributed by atoms with Gasteiger partial charge < -0.3 is 16.0 Å². The van der Waals surface area contributed by atoms with E-state index in [0.717, 1.165) is 31.7 Å². The van der Waals surface area contributed by atoms with E-state index in [1.165, 1.54) is 25.7 Å². The van der Waals surface area contributed by atoms with Gasteiger partial charge in [-0.1, -0.05) is 25.7 Å². The summed E-state index contributed by atoms with van der Waals surface area (Å²) >= 11 is 0. The van der Waals surface area contributed by atoms with Gasteiger partial charge in [-0.2, -0.15) is 0 Å². The summed E-state index contributed by atoms with van der Waals surface area (Å²) < 4.78 is 0. The summed E-state index contributed by atoms with van der Waals surface area (Å²) in [5.41, 5.74) is 0. The van der Waals surface area contributed by atoms with Crippen LogP contribution in [0.15, 0.2) is 0 Å². The largest absolute Gasteiger partial charge is 0.352 e. The fourth-order valence-electron chi connectivity index (χ4n) is 3.44. The summed E-state index contributed by atoms with van der Waals surface area (Å²) in [5.74, 6) is 0.667. The minimum Gasteiger partial charge on any atom is -0.352 e. The van der Waals surface area contributed by atoms with Gasteiger partial charge in [-0.05, 0) is 38.6 Å². The highest BCUT2D eigenvalue weighted by molar-refractivity contribution is 5.85. The normalized spacial score (nSPS) is 25.3. The highest BCUT2D eigenvalue weighted by Gasteiger charge is 2.20. The van der Waals surface area contributed by atoms with Gasteiger partial charge in [0.05, 0.1) is 6.54 Å². The first-order chi connectivity index (χ1) is 10.1. The Morgan fingerprint density at radius 2 is 1.86 bits per heavy atom. The molecular weight excluding hydrogens is 302 g/mol. The molecular formula is C16H30ClN3O2. The molecule has 6 heteroatoms. The predicted octanol–water partition coefficient (Wildman–Crippen LogP) is 1.75. The van der Waals surface area contributed by atoms with Crippen LogP contribution in [0.1, 0.15) is 58.3 Å². The molecule has 2 unspecified atom stereocenters. The van der Waals surface area contributed by atoms with Gasteiger partial charge in [0.15, 0.2) is 0 Å². The number of hydrogen-bond donors (Lipinski definition) is 3.